The lowest BCUT2D eigenvalue weighted by atomic mass is 10.1. The molecular formula is C17H19N3O3. The first-order valence-corrected chi connectivity index (χ1v) is 7.73. The van der Waals surface area contributed by atoms with E-state index in [1.54, 1.807) is 6.92 Å². The molecule has 1 aliphatic heterocycles. The molecule has 3 amide bonds. The van der Waals surface area contributed by atoms with Crippen LogP contribution in [0.2, 0.25) is 0 Å². The van der Waals surface area contributed by atoms with Gasteiger partial charge in [0.1, 0.15) is 17.5 Å². The highest BCUT2D eigenvalue weighted by Gasteiger charge is 2.38. The Balaban J connectivity index is 1.80. The van der Waals surface area contributed by atoms with E-state index in [-0.39, 0.29) is 18.5 Å². The standard InChI is InChI=1S/C17H19N3O3/c1-3-7-13-16(21)20(17(22)19-13)10-14-11(2)23-15(18-14)12-8-5-4-6-9-12/h4-6,8-9,13H,3,7,10H2,1-2H3,(H,19,22). The van der Waals surface area contributed by atoms with Crippen LogP contribution in [0, 0.1) is 6.92 Å². The van der Waals surface area contributed by atoms with Gasteiger partial charge in [-0.15, -0.1) is 0 Å². The lowest BCUT2D eigenvalue weighted by Gasteiger charge is -2.11. The first-order valence-electron chi connectivity index (χ1n) is 7.73. The van der Waals surface area contributed by atoms with E-state index in [1.165, 1.54) is 4.90 Å². The fourth-order valence-corrected chi connectivity index (χ4v) is 2.64. The molecule has 1 aliphatic rings. The number of amides is 3. The van der Waals surface area contributed by atoms with Crippen LogP contribution < -0.4 is 5.32 Å². The normalized spacial score (nSPS) is 17.7. The molecule has 6 heteroatoms. The number of aromatic nitrogens is 1. The molecule has 1 atom stereocenters. The molecule has 0 spiro atoms. The van der Waals surface area contributed by atoms with Crippen LogP contribution >= 0.6 is 0 Å². The molecule has 0 saturated carbocycles. The number of hydrogen-bond donors (Lipinski definition) is 1. The van der Waals surface area contributed by atoms with E-state index in [2.05, 4.69) is 10.3 Å². The van der Waals surface area contributed by atoms with Crippen molar-refractivity contribution in [3.8, 4) is 11.5 Å². The van der Waals surface area contributed by atoms with Gasteiger partial charge < -0.3 is 9.73 Å². The van der Waals surface area contributed by atoms with Crippen molar-refractivity contribution in [2.75, 3.05) is 0 Å². The van der Waals surface area contributed by atoms with Crippen molar-refractivity contribution in [1.82, 2.24) is 15.2 Å². The smallest absolute Gasteiger partial charge is 0.325 e. The van der Waals surface area contributed by atoms with Crippen LogP contribution in [-0.4, -0.2) is 27.9 Å². The van der Waals surface area contributed by atoms with Crippen molar-refractivity contribution in [1.29, 1.82) is 0 Å². The second kappa shape index (κ2) is 6.24. The minimum absolute atomic E-state index is 0.132. The van der Waals surface area contributed by atoms with Crippen molar-refractivity contribution >= 4 is 11.9 Å². The molecule has 2 aromatic rings. The molecule has 1 N–H and O–H groups in total. The van der Waals surface area contributed by atoms with E-state index in [9.17, 15) is 9.59 Å². The molecule has 120 valence electrons. The lowest BCUT2D eigenvalue weighted by molar-refractivity contribution is -0.128. The molecule has 1 saturated heterocycles. The number of hydrogen-bond acceptors (Lipinski definition) is 4. The molecular weight excluding hydrogens is 294 g/mol. The average Bonchev–Trinajstić information content (AvgIpc) is 3.04. The topological polar surface area (TPSA) is 75.4 Å². The molecule has 0 bridgehead atoms. The predicted octanol–water partition coefficient (Wildman–Crippen LogP) is 2.87. The Kier molecular flexibility index (Phi) is 4.14. The molecule has 1 aromatic carbocycles. The number of oxazole rings is 1. The van der Waals surface area contributed by atoms with Crippen LogP contribution in [0.3, 0.4) is 0 Å². The summed E-state index contributed by atoms with van der Waals surface area (Å²) in [6.45, 7) is 3.90. The number of carbonyl (C=O) groups excluding carboxylic acids is 2. The fourth-order valence-electron chi connectivity index (χ4n) is 2.64. The summed E-state index contributed by atoms with van der Waals surface area (Å²) >= 11 is 0. The quantitative estimate of drug-likeness (QED) is 0.861. The second-order valence-electron chi connectivity index (χ2n) is 5.60. The number of benzene rings is 1. The zero-order valence-corrected chi connectivity index (χ0v) is 13.2. The van der Waals surface area contributed by atoms with Gasteiger partial charge in [-0.2, -0.15) is 0 Å². The summed E-state index contributed by atoms with van der Waals surface area (Å²) in [5.74, 6) is 0.916. The number of urea groups is 1. The third-order valence-electron chi connectivity index (χ3n) is 3.91. The van der Waals surface area contributed by atoms with Crippen LogP contribution in [0.25, 0.3) is 11.5 Å². The van der Waals surface area contributed by atoms with Gasteiger partial charge in [-0.1, -0.05) is 31.5 Å². The van der Waals surface area contributed by atoms with E-state index < -0.39 is 6.04 Å². The highest BCUT2D eigenvalue weighted by molar-refractivity contribution is 6.04. The molecule has 0 radical (unpaired) electrons. The Morgan fingerprint density at radius 2 is 2.00 bits per heavy atom. The number of rotatable bonds is 5. The molecule has 1 unspecified atom stereocenters. The molecule has 6 nitrogen and oxygen atoms in total. The Labute approximate surface area is 134 Å². The van der Waals surface area contributed by atoms with E-state index in [1.807, 2.05) is 37.3 Å². The van der Waals surface area contributed by atoms with E-state index in [4.69, 9.17) is 4.42 Å². The van der Waals surface area contributed by atoms with Gasteiger partial charge in [0.15, 0.2) is 0 Å². The van der Waals surface area contributed by atoms with Crippen LogP contribution in [0.5, 0.6) is 0 Å². The van der Waals surface area contributed by atoms with E-state index in [0.29, 0.717) is 23.8 Å². The van der Waals surface area contributed by atoms with Gasteiger partial charge >= 0.3 is 6.03 Å². The minimum atomic E-state index is -0.423. The first-order chi connectivity index (χ1) is 11.1. The van der Waals surface area contributed by atoms with E-state index in [0.717, 1.165) is 12.0 Å². The van der Waals surface area contributed by atoms with Crippen molar-refractivity contribution in [3.05, 3.63) is 41.8 Å². The maximum absolute atomic E-state index is 12.3. The molecule has 0 aliphatic carbocycles. The van der Waals surface area contributed by atoms with Crippen molar-refractivity contribution in [2.45, 2.75) is 39.3 Å². The summed E-state index contributed by atoms with van der Waals surface area (Å²) in [6, 6.07) is 8.75. The number of imide groups is 1. The molecule has 2 heterocycles. The van der Waals surface area contributed by atoms with Gasteiger partial charge in [-0.3, -0.25) is 9.69 Å². The highest BCUT2D eigenvalue weighted by Crippen LogP contribution is 2.23. The van der Waals surface area contributed by atoms with Gasteiger partial charge in [0.05, 0.1) is 6.54 Å². The van der Waals surface area contributed by atoms with Gasteiger partial charge in [-0.25, -0.2) is 9.78 Å². The maximum atomic E-state index is 12.3. The molecule has 23 heavy (non-hydrogen) atoms. The van der Waals surface area contributed by atoms with Crippen LogP contribution in [-0.2, 0) is 11.3 Å². The monoisotopic (exact) mass is 313 g/mol. The largest absolute Gasteiger partial charge is 0.441 e. The Hall–Kier alpha value is -2.63. The summed E-state index contributed by atoms with van der Waals surface area (Å²) in [5, 5.41) is 2.71. The number of nitrogens with one attached hydrogen (secondary N) is 1. The summed E-state index contributed by atoms with van der Waals surface area (Å²) in [4.78, 5) is 29.9. The van der Waals surface area contributed by atoms with Gasteiger partial charge in [-0.05, 0) is 25.5 Å². The van der Waals surface area contributed by atoms with Crippen molar-refractivity contribution in [3.63, 3.8) is 0 Å². The summed E-state index contributed by atoms with van der Waals surface area (Å²) in [5.41, 5.74) is 1.47. The first kappa shape index (κ1) is 15.3. The molecule has 3 rings (SSSR count). The predicted molar refractivity (Wildman–Crippen MR) is 84.5 cm³/mol. The van der Waals surface area contributed by atoms with E-state index >= 15 is 0 Å². The van der Waals surface area contributed by atoms with Crippen LogP contribution in [0.15, 0.2) is 34.7 Å². The van der Waals surface area contributed by atoms with Crippen molar-refractivity contribution in [2.24, 2.45) is 0 Å². The summed E-state index contributed by atoms with van der Waals surface area (Å²) in [6.07, 6.45) is 1.49. The molecule has 1 fully saturated rings. The zero-order valence-electron chi connectivity index (χ0n) is 13.2. The Morgan fingerprint density at radius 3 is 2.70 bits per heavy atom. The third-order valence-corrected chi connectivity index (χ3v) is 3.91. The number of nitrogens with zero attached hydrogens (tertiary/aromatic N) is 2. The van der Waals surface area contributed by atoms with Gasteiger partial charge in [0, 0.05) is 5.56 Å². The third kappa shape index (κ3) is 2.97. The van der Waals surface area contributed by atoms with Gasteiger partial charge in [0.2, 0.25) is 5.89 Å². The Morgan fingerprint density at radius 1 is 1.26 bits per heavy atom. The van der Waals surface area contributed by atoms with Gasteiger partial charge in [0.25, 0.3) is 5.91 Å². The minimum Gasteiger partial charge on any atom is -0.441 e. The van der Waals surface area contributed by atoms with Crippen molar-refractivity contribution < 1.29 is 14.0 Å². The number of carbonyl (C=O) groups is 2. The lowest BCUT2D eigenvalue weighted by Crippen LogP contribution is -2.31. The SMILES string of the molecule is CCCC1NC(=O)N(Cc2nc(-c3ccccc3)oc2C)C1=O. The summed E-state index contributed by atoms with van der Waals surface area (Å²) in [7, 11) is 0. The zero-order chi connectivity index (χ0) is 16.4. The number of aryl methyl sites for hydroxylation is 1. The molecule has 1 aromatic heterocycles. The maximum Gasteiger partial charge on any atom is 0.325 e. The van der Waals surface area contributed by atoms with Crippen LogP contribution in [0.4, 0.5) is 4.79 Å². The second-order valence-corrected chi connectivity index (χ2v) is 5.60. The fraction of sp³-hybridized carbons (Fsp3) is 0.353. The van der Waals surface area contributed by atoms with Crippen LogP contribution in [0.1, 0.15) is 31.2 Å². The highest BCUT2D eigenvalue weighted by atomic mass is 16.4. The Bertz CT molecular complexity index is 724. The average molecular weight is 313 g/mol. The summed E-state index contributed by atoms with van der Waals surface area (Å²) < 4.78 is 5.68.